The number of esters is 1. The minimum atomic E-state index is -1.16. The Kier molecular flexibility index (Phi) is 14.2. The van der Waals surface area contributed by atoms with Crippen LogP contribution in [0.2, 0.25) is 0 Å². The van der Waals surface area contributed by atoms with Crippen LogP contribution in [0.3, 0.4) is 0 Å². The largest absolute Gasteiger partial charge is 0.456 e. The van der Waals surface area contributed by atoms with Gasteiger partial charge in [-0.1, -0.05) is 13.0 Å². The smallest absolute Gasteiger partial charge is 0.336 e. The first-order valence-corrected chi connectivity index (χ1v) is 23.9. The van der Waals surface area contributed by atoms with Gasteiger partial charge in [0.05, 0.1) is 67.9 Å². The van der Waals surface area contributed by atoms with E-state index in [-0.39, 0.29) is 90.9 Å². The summed E-state index contributed by atoms with van der Waals surface area (Å²) in [6.07, 6.45) is 6.02. The van der Waals surface area contributed by atoms with Crippen LogP contribution in [0.25, 0.3) is 0 Å². The van der Waals surface area contributed by atoms with E-state index in [1.54, 1.807) is 13.0 Å². The zero-order chi connectivity index (χ0) is 42.5. The minimum Gasteiger partial charge on any atom is -0.456 e. The first-order chi connectivity index (χ1) is 28.9. The van der Waals surface area contributed by atoms with E-state index in [1.165, 1.54) is 0 Å². The maximum Gasteiger partial charge on any atom is 0.336 e. The van der Waals surface area contributed by atoms with Crippen LogP contribution in [0.5, 0.6) is 0 Å². The quantitative estimate of drug-likeness (QED) is 0.114. The van der Waals surface area contributed by atoms with Gasteiger partial charge in [-0.15, -0.1) is 0 Å². The first kappa shape index (κ1) is 45.0. The number of ketones is 1. The van der Waals surface area contributed by atoms with E-state index < -0.39 is 72.6 Å². The monoisotopic (exact) mass is 846 g/mol. The van der Waals surface area contributed by atoms with Crippen LogP contribution < -0.4 is 21.7 Å². The molecule has 14 nitrogen and oxygen atoms in total. The number of Topliss-reactive ketones (excluding diaryl/α,β-unsaturated/α-hetero) is 1. The molecule has 3 saturated carbocycles. The number of nitrogens with one attached hydrogen (secondary N) is 2. The van der Waals surface area contributed by atoms with Crippen molar-refractivity contribution in [2.45, 2.75) is 152 Å². The zero-order valence-corrected chi connectivity index (χ0v) is 36.3. The molecule has 14 heteroatoms. The number of ether oxygens (including phenoxy) is 3. The summed E-state index contributed by atoms with van der Waals surface area (Å²) >= 11 is 0. The lowest BCUT2D eigenvalue weighted by molar-refractivity contribution is -0.708. The molecule has 4 bridgehead atoms. The summed E-state index contributed by atoms with van der Waals surface area (Å²) in [7, 11) is 0. The fraction of sp³-hybridized carbons (Fsp3) is 0.913. The highest BCUT2D eigenvalue weighted by Crippen LogP contribution is 2.61. The lowest BCUT2D eigenvalue weighted by Crippen LogP contribution is -2.95. The highest BCUT2D eigenvalue weighted by Gasteiger charge is 2.67. The molecule has 5 saturated heterocycles. The third-order valence-corrected chi connectivity index (χ3v) is 17.8. The molecule has 0 aromatic heterocycles. The van der Waals surface area contributed by atoms with Crippen molar-refractivity contribution in [3.05, 3.63) is 11.6 Å². The first-order valence-electron chi connectivity index (χ1n) is 23.9. The van der Waals surface area contributed by atoms with Crippen molar-refractivity contribution in [1.82, 2.24) is 10.6 Å². The molecule has 60 heavy (non-hydrogen) atoms. The number of fused-ring (bicyclic) bond motifs is 5. The van der Waals surface area contributed by atoms with Crippen LogP contribution in [0.15, 0.2) is 11.6 Å². The molecule has 8 rings (SSSR count). The standard InChI is InChI=1S/C46H76N4O10/c1-4-24(20-51)45(57)59-35-18-32-41(56)39-34(55)17-29(21-52)58-43(39)40-38-30-12-13-49-44(47)37(30)26(8-7-25-9-10-28(54)16-31(25)33(38)22-53)15-27(46(35,3)60-42(32)40)14-23-6-11-36(48-5-2)50-19-23/h4,23,25-33,35-44,48-54,56H,5-22,47H2,1-3H3/p+1/t23?,25?,26-,27+,28?,29?,30?,31?,32?,33-,35-,36?,37?,38?,39?,40?,41?,42?,43?,44?,46+/m1/s1. The number of aliphatic hydroxyl groups is 5. The van der Waals surface area contributed by atoms with Crippen molar-refractivity contribution in [3.8, 4) is 0 Å². The van der Waals surface area contributed by atoms with Crippen LogP contribution in [0.4, 0.5) is 0 Å². The van der Waals surface area contributed by atoms with Crippen molar-refractivity contribution in [1.29, 1.82) is 0 Å². The second kappa shape index (κ2) is 18.9. The summed E-state index contributed by atoms with van der Waals surface area (Å²) in [5, 5.41) is 66.1. The zero-order valence-electron chi connectivity index (χ0n) is 36.3. The summed E-state index contributed by atoms with van der Waals surface area (Å²) < 4.78 is 21.2. The van der Waals surface area contributed by atoms with Crippen molar-refractivity contribution in [3.63, 3.8) is 0 Å². The van der Waals surface area contributed by atoms with E-state index in [2.05, 4.69) is 29.8 Å². The van der Waals surface area contributed by atoms with Gasteiger partial charge in [0.15, 0.2) is 0 Å². The van der Waals surface area contributed by atoms with Crippen molar-refractivity contribution in [2.24, 2.45) is 76.7 Å². The Balaban J connectivity index is 1.32. The van der Waals surface area contributed by atoms with Gasteiger partial charge in [-0.3, -0.25) is 10.1 Å². The Morgan fingerprint density at radius 1 is 0.967 bits per heavy atom. The van der Waals surface area contributed by atoms with E-state index >= 15 is 0 Å². The number of carbonyl (C=O) groups is 2. The van der Waals surface area contributed by atoms with Crippen molar-refractivity contribution < 1.29 is 54.6 Å². The molecule has 11 N–H and O–H groups in total. The minimum absolute atomic E-state index is 0.0139. The van der Waals surface area contributed by atoms with Crippen molar-refractivity contribution >= 4 is 11.8 Å². The highest BCUT2D eigenvalue weighted by atomic mass is 16.6. The topological polar surface area (TPSA) is 230 Å². The average molecular weight is 846 g/mol. The molecular weight excluding hydrogens is 769 g/mol. The van der Waals surface area contributed by atoms with Gasteiger partial charge in [0.25, 0.3) is 0 Å². The summed E-state index contributed by atoms with van der Waals surface area (Å²) in [4.78, 5) is 28.3. The molecule has 340 valence electrons. The Morgan fingerprint density at radius 2 is 1.75 bits per heavy atom. The van der Waals surface area contributed by atoms with E-state index in [0.717, 1.165) is 70.9 Å². The van der Waals surface area contributed by atoms with Crippen LogP contribution >= 0.6 is 0 Å². The second-order valence-corrected chi connectivity index (χ2v) is 20.6. The molecule has 0 aromatic rings. The molecular formula is C46H77N4O10+. The Bertz CT molecular complexity index is 1530. The molecule has 0 radical (unpaired) electrons. The number of hydrogen-bond acceptors (Lipinski definition) is 13. The number of piperidine rings is 2. The second-order valence-electron chi connectivity index (χ2n) is 20.6. The maximum atomic E-state index is 14.4. The molecule has 0 spiro atoms. The number of hydrogen-bond donors (Lipinski definition) is 9. The third kappa shape index (κ3) is 8.31. The van der Waals surface area contributed by atoms with Crippen LogP contribution in [0, 0.1) is 71.0 Å². The van der Waals surface area contributed by atoms with Crippen LogP contribution in [-0.2, 0) is 23.8 Å². The van der Waals surface area contributed by atoms with Gasteiger partial charge in [-0.25, -0.2) is 4.79 Å². The molecule has 8 aliphatic rings. The molecule has 0 amide bonds. The predicted molar refractivity (Wildman–Crippen MR) is 221 cm³/mol. The molecule has 16 unspecified atom stereocenters. The lowest BCUT2D eigenvalue weighted by Gasteiger charge is -2.63. The molecule has 21 atom stereocenters. The number of carbonyl (C=O) groups excluding carboxylic acids is 2. The van der Waals surface area contributed by atoms with E-state index in [0.29, 0.717) is 25.0 Å². The fourth-order valence-corrected chi connectivity index (χ4v) is 14.9. The number of allylic oxidation sites excluding steroid dienone is 1. The predicted octanol–water partition coefficient (Wildman–Crippen LogP) is 0.568. The number of aliphatic hydroxyl groups excluding tert-OH is 5. The summed E-state index contributed by atoms with van der Waals surface area (Å²) in [5.41, 5.74) is 6.45. The van der Waals surface area contributed by atoms with Gasteiger partial charge in [0.2, 0.25) is 0 Å². The lowest BCUT2D eigenvalue weighted by atomic mass is 9.50. The number of quaternary nitrogens is 1. The Labute approximate surface area is 356 Å². The fourth-order valence-electron chi connectivity index (χ4n) is 14.9. The SMILES string of the molecule is CC=C(CO)C(=O)O[C@@H]1CC2C(O)C3C(=O)CC(CO)OC3C3C2O[C@@]1(C)[C@@H](CC1CCC(NCC)[NH2+]C1)C[C@H]1CCC2CCC(O)CC2[C@@H](CO)C3C2CCNC(N)C21. The molecule has 5 heterocycles. The van der Waals surface area contributed by atoms with Gasteiger partial charge in [0.1, 0.15) is 23.7 Å². The molecule has 0 aromatic carbocycles. The highest BCUT2D eigenvalue weighted by molar-refractivity contribution is 5.88. The van der Waals surface area contributed by atoms with Gasteiger partial charge in [0, 0.05) is 37.2 Å². The van der Waals surface area contributed by atoms with Crippen LogP contribution in [0.1, 0.15) is 97.8 Å². The van der Waals surface area contributed by atoms with Crippen molar-refractivity contribution in [2.75, 3.05) is 39.5 Å². The maximum absolute atomic E-state index is 14.4. The summed E-state index contributed by atoms with van der Waals surface area (Å²) in [6.45, 7) is 7.64. The van der Waals surface area contributed by atoms with Gasteiger partial charge < -0.3 is 56.1 Å². The number of rotatable bonds is 9. The normalized spacial score (nSPS) is 49.6. The van der Waals surface area contributed by atoms with E-state index in [1.807, 2.05) is 0 Å². The number of nitrogens with two attached hydrogens (primary N) is 2. The van der Waals surface area contributed by atoms with Crippen LogP contribution in [-0.4, -0.2) is 131 Å². The summed E-state index contributed by atoms with van der Waals surface area (Å²) in [6, 6.07) is 0. The van der Waals surface area contributed by atoms with Gasteiger partial charge in [-0.2, -0.15) is 0 Å². The van der Waals surface area contributed by atoms with Gasteiger partial charge in [-0.05, 0) is 138 Å². The third-order valence-electron chi connectivity index (χ3n) is 17.8. The van der Waals surface area contributed by atoms with E-state index in [9.17, 15) is 35.1 Å². The molecule has 3 aliphatic carbocycles. The Hall–Kier alpha value is -1.56. The summed E-state index contributed by atoms with van der Waals surface area (Å²) in [5.74, 6) is -2.35. The van der Waals surface area contributed by atoms with Gasteiger partial charge >= 0.3 is 5.97 Å². The molecule has 5 aliphatic heterocycles. The Morgan fingerprint density at radius 3 is 2.45 bits per heavy atom. The molecule has 8 fully saturated rings. The van der Waals surface area contributed by atoms with E-state index in [4.69, 9.17) is 19.9 Å². The average Bonchev–Trinajstić information content (AvgIpc) is 3.28.